The lowest BCUT2D eigenvalue weighted by atomic mass is 9.65. The van der Waals surface area contributed by atoms with Crippen LogP contribution in [0.25, 0.3) is 0 Å². The van der Waals surface area contributed by atoms with E-state index in [1.54, 1.807) is 37.3 Å². The van der Waals surface area contributed by atoms with Gasteiger partial charge in [0.05, 0.1) is 33.8 Å². The highest BCUT2D eigenvalue weighted by Crippen LogP contribution is 2.55. The predicted octanol–water partition coefficient (Wildman–Crippen LogP) is 3.30. The van der Waals surface area contributed by atoms with Gasteiger partial charge in [-0.25, -0.2) is 8.42 Å². The zero-order valence-electron chi connectivity index (χ0n) is 17.8. The molecule has 0 radical (unpaired) electrons. The van der Waals surface area contributed by atoms with E-state index >= 15 is 0 Å². The number of halogens is 2. The molecule has 2 fully saturated rings. The van der Waals surface area contributed by atoms with Crippen LogP contribution in [0, 0.1) is 0 Å². The number of fused-ring (bicyclic) bond motifs is 2. The summed E-state index contributed by atoms with van der Waals surface area (Å²) in [4.78, 5) is 27.9. The van der Waals surface area contributed by atoms with Crippen LogP contribution >= 0.6 is 0 Å². The highest BCUT2D eigenvalue weighted by Gasteiger charge is 2.55. The summed E-state index contributed by atoms with van der Waals surface area (Å²) >= 11 is 0. The van der Waals surface area contributed by atoms with Gasteiger partial charge in [0.2, 0.25) is 5.91 Å². The molecule has 10 heteroatoms. The minimum atomic E-state index is -3.12. The lowest BCUT2D eigenvalue weighted by Gasteiger charge is -2.38. The first-order valence-electron chi connectivity index (χ1n) is 10.6. The van der Waals surface area contributed by atoms with E-state index in [1.807, 2.05) is 0 Å². The summed E-state index contributed by atoms with van der Waals surface area (Å²) in [6.45, 7) is -1.29. The van der Waals surface area contributed by atoms with Crippen molar-refractivity contribution in [1.82, 2.24) is 5.32 Å². The van der Waals surface area contributed by atoms with Crippen molar-refractivity contribution >= 4 is 33.0 Å². The van der Waals surface area contributed by atoms with Crippen molar-refractivity contribution in [2.75, 3.05) is 16.4 Å². The maximum absolute atomic E-state index is 13.5. The van der Waals surface area contributed by atoms with Gasteiger partial charge in [0.25, 0.3) is 5.91 Å². The maximum atomic E-state index is 13.5. The molecule has 1 spiro atoms. The van der Waals surface area contributed by atoms with E-state index in [9.17, 15) is 26.8 Å². The number of carbonyl (C=O) groups excluding carboxylic acids is 2. The second kappa shape index (κ2) is 7.24. The fourth-order valence-electron chi connectivity index (χ4n) is 5.11. The Hall–Kier alpha value is -3.01. The number of benzene rings is 2. The lowest BCUT2D eigenvalue weighted by molar-refractivity contribution is -0.125. The van der Waals surface area contributed by atoms with E-state index in [2.05, 4.69) is 10.1 Å². The summed E-state index contributed by atoms with van der Waals surface area (Å²) in [5.74, 6) is -0.824. The van der Waals surface area contributed by atoms with Crippen LogP contribution in [-0.4, -0.2) is 43.9 Å². The molecule has 1 N–H and O–H groups in total. The van der Waals surface area contributed by atoms with Crippen LogP contribution in [0.15, 0.2) is 42.5 Å². The number of hydrogen-bond acceptors (Lipinski definition) is 5. The van der Waals surface area contributed by atoms with Crippen molar-refractivity contribution in [3.63, 3.8) is 0 Å². The third-order valence-corrected chi connectivity index (χ3v) is 8.78. The molecule has 33 heavy (non-hydrogen) atoms. The monoisotopic (exact) mass is 476 g/mol. The van der Waals surface area contributed by atoms with E-state index < -0.39 is 33.3 Å². The largest absolute Gasteiger partial charge is 0.435 e. The Morgan fingerprint density at radius 2 is 1.88 bits per heavy atom. The Morgan fingerprint density at radius 1 is 1.15 bits per heavy atom. The van der Waals surface area contributed by atoms with Gasteiger partial charge in [-0.2, -0.15) is 8.78 Å². The molecule has 2 aromatic carbocycles. The first kappa shape index (κ1) is 21.8. The summed E-state index contributed by atoms with van der Waals surface area (Å²) in [5, 5.41) is 2.79. The average Bonchev–Trinajstić information content (AvgIpc) is 2.93. The van der Waals surface area contributed by atoms with E-state index in [4.69, 9.17) is 0 Å². The van der Waals surface area contributed by atoms with E-state index in [-0.39, 0.29) is 23.2 Å². The molecule has 2 aliphatic heterocycles. The fourth-order valence-corrected chi connectivity index (χ4v) is 7.11. The Balaban J connectivity index is 1.49. The molecular weight excluding hydrogens is 454 g/mol. The average molecular weight is 477 g/mol. The van der Waals surface area contributed by atoms with Crippen molar-refractivity contribution in [1.29, 1.82) is 0 Å². The second-order valence-electron chi connectivity index (χ2n) is 9.23. The van der Waals surface area contributed by atoms with Crippen LogP contribution in [0.2, 0.25) is 0 Å². The standard InChI is InChI=1S/C23H22F2N2O5S/c1-22(12-33(30,31)13-22)26-19(28)14-6-7-18-17(10-14)23(8-3-9-23)20(29)27(18)15-4-2-5-16(11-15)32-21(24)25/h2,4-7,10-11,21H,3,8-9,12-13H2,1H3,(H,26,28). The molecule has 2 amide bonds. The quantitative estimate of drug-likeness (QED) is 0.715. The lowest BCUT2D eigenvalue weighted by Crippen LogP contribution is -2.63. The van der Waals surface area contributed by atoms with Crippen molar-refractivity contribution in [2.24, 2.45) is 0 Å². The van der Waals surface area contributed by atoms with Gasteiger partial charge in [-0.1, -0.05) is 12.5 Å². The number of sulfone groups is 1. The smallest absolute Gasteiger partial charge is 0.387 e. The summed E-state index contributed by atoms with van der Waals surface area (Å²) in [5.41, 5.74) is 0.508. The van der Waals surface area contributed by atoms with E-state index in [0.717, 1.165) is 12.0 Å². The Kier molecular flexibility index (Phi) is 4.79. The predicted molar refractivity (Wildman–Crippen MR) is 117 cm³/mol. The van der Waals surface area contributed by atoms with Gasteiger partial charge in [0.15, 0.2) is 9.84 Å². The summed E-state index contributed by atoms with van der Waals surface area (Å²) < 4.78 is 52.9. The normalized spacial score (nSPS) is 21.3. The van der Waals surface area contributed by atoms with Gasteiger partial charge in [-0.05, 0) is 55.7 Å². The van der Waals surface area contributed by atoms with Crippen LogP contribution in [0.1, 0.15) is 42.1 Å². The van der Waals surface area contributed by atoms with E-state index in [0.29, 0.717) is 29.8 Å². The molecule has 174 valence electrons. The van der Waals surface area contributed by atoms with Crippen molar-refractivity contribution in [3.05, 3.63) is 53.6 Å². The topological polar surface area (TPSA) is 92.8 Å². The third-order valence-electron chi connectivity index (χ3n) is 6.63. The van der Waals surface area contributed by atoms with Crippen LogP contribution in [0.4, 0.5) is 20.2 Å². The van der Waals surface area contributed by atoms with Gasteiger partial charge in [0.1, 0.15) is 5.75 Å². The van der Waals surface area contributed by atoms with Gasteiger partial charge < -0.3 is 10.1 Å². The molecule has 2 heterocycles. The summed E-state index contributed by atoms with van der Waals surface area (Å²) in [6, 6.07) is 10.9. The number of rotatable bonds is 5. The van der Waals surface area contributed by atoms with Gasteiger partial charge >= 0.3 is 6.61 Å². The molecule has 1 aliphatic carbocycles. The van der Waals surface area contributed by atoms with Crippen LogP contribution in [0.5, 0.6) is 5.75 Å². The SMILES string of the molecule is CC1(NC(=O)c2ccc3c(c2)C2(CCC2)C(=O)N3c2cccc(OC(F)F)c2)CS(=O)(=O)C1. The number of hydrogen-bond donors (Lipinski definition) is 1. The highest BCUT2D eigenvalue weighted by molar-refractivity contribution is 7.93. The Morgan fingerprint density at radius 3 is 2.48 bits per heavy atom. The second-order valence-corrected chi connectivity index (χ2v) is 11.3. The van der Waals surface area contributed by atoms with E-state index in [1.165, 1.54) is 17.0 Å². The van der Waals surface area contributed by atoms with Gasteiger partial charge in [-0.3, -0.25) is 14.5 Å². The number of anilines is 2. The van der Waals surface area contributed by atoms with Crippen LogP contribution in [-0.2, 0) is 20.0 Å². The maximum Gasteiger partial charge on any atom is 0.387 e. The zero-order chi connectivity index (χ0) is 23.6. The zero-order valence-corrected chi connectivity index (χ0v) is 18.6. The molecule has 1 saturated carbocycles. The summed E-state index contributed by atoms with van der Waals surface area (Å²) in [6.07, 6.45) is 2.12. The molecule has 0 aromatic heterocycles. The molecule has 2 aromatic rings. The molecule has 1 saturated heterocycles. The number of ether oxygens (including phenoxy) is 1. The fraction of sp³-hybridized carbons (Fsp3) is 0.391. The first-order valence-corrected chi connectivity index (χ1v) is 12.4. The highest BCUT2D eigenvalue weighted by atomic mass is 32.2. The number of alkyl halides is 2. The molecule has 0 unspecified atom stereocenters. The van der Waals surface area contributed by atoms with Crippen molar-refractivity contribution in [3.8, 4) is 5.75 Å². The number of nitrogens with one attached hydrogen (secondary N) is 1. The molecule has 5 rings (SSSR count). The van der Waals surface area contributed by atoms with Gasteiger partial charge in [0, 0.05) is 11.6 Å². The van der Waals surface area contributed by atoms with Crippen molar-refractivity contribution < 1.29 is 31.5 Å². The minimum absolute atomic E-state index is 0.0499. The molecule has 0 bridgehead atoms. The molecule has 7 nitrogen and oxygen atoms in total. The minimum Gasteiger partial charge on any atom is -0.435 e. The molecule has 0 atom stereocenters. The van der Waals surface area contributed by atoms with Gasteiger partial charge in [-0.15, -0.1) is 0 Å². The first-order chi connectivity index (χ1) is 15.5. The van der Waals surface area contributed by atoms with Crippen molar-refractivity contribution in [2.45, 2.75) is 43.8 Å². The summed E-state index contributed by atoms with van der Waals surface area (Å²) in [7, 11) is -3.12. The Bertz CT molecular complexity index is 1260. The van der Waals surface area contributed by atoms with Crippen LogP contribution < -0.4 is 15.0 Å². The number of nitrogens with zero attached hydrogens (tertiary/aromatic N) is 1. The Labute approximate surface area is 189 Å². The number of amides is 2. The molecular formula is C23H22F2N2O5S. The van der Waals surface area contributed by atoms with Crippen LogP contribution in [0.3, 0.4) is 0 Å². The number of carbonyl (C=O) groups is 2. The third kappa shape index (κ3) is 3.56. The molecule has 3 aliphatic rings.